The van der Waals surface area contributed by atoms with Crippen molar-refractivity contribution < 1.29 is 9.90 Å². The van der Waals surface area contributed by atoms with Gasteiger partial charge in [0.25, 0.3) is 5.01 Å². The Morgan fingerprint density at radius 2 is 2.55 bits per heavy atom. The standard InChI is InChI=1S/C7H9NO2S/c1-2-3-6-8-4-5-11(6)7(9)10/h4-5H,2-3H2,1H3/p+1. The van der Waals surface area contributed by atoms with Gasteiger partial charge in [-0.25, -0.2) is 4.98 Å². The number of nitrogens with zero attached hydrogens (tertiary/aromatic N) is 1. The quantitative estimate of drug-likeness (QED) is 0.712. The zero-order valence-electron chi connectivity index (χ0n) is 6.28. The Morgan fingerprint density at radius 1 is 1.82 bits per heavy atom. The van der Waals surface area contributed by atoms with Gasteiger partial charge in [-0.15, -0.1) is 0 Å². The van der Waals surface area contributed by atoms with Gasteiger partial charge in [-0.3, -0.25) is 0 Å². The number of hydrogen-bond acceptors (Lipinski definition) is 2. The van der Waals surface area contributed by atoms with Crippen LogP contribution in [0.3, 0.4) is 0 Å². The zero-order chi connectivity index (χ0) is 8.27. The zero-order valence-corrected chi connectivity index (χ0v) is 7.10. The van der Waals surface area contributed by atoms with Gasteiger partial charge in [0, 0.05) is 6.42 Å². The third kappa shape index (κ3) is 1.77. The molecular weight excluding hydrogens is 162 g/mol. The average molecular weight is 172 g/mol. The third-order valence-corrected chi connectivity index (χ3v) is 2.91. The normalized spacial score (nSPS) is 11.5. The van der Waals surface area contributed by atoms with E-state index in [0.29, 0.717) is 0 Å². The molecule has 3 nitrogen and oxygen atoms in total. The van der Waals surface area contributed by atoms with E-state index in [1.165, 1.54) is 0 Å². The predicted octanol–water partition coefficient (Wildman–Crippen LogP) is 2.31. The number of rotatable bonds is 3. The molecule has 0 aliphatic heterocycles. The van der Waals surface area contributed by atoms with Crippen molar-refractivity contribution in [1.29, 1.82) is 0 Å². The molecule has 11 heavy (non-hydrogen) atoms. The molecule has 1 aromatic rings. The molecule has 0 fully saturated rings. The van der Waals surface area contributed by atoms with Crippen molar-refractivity contribution in [3.63, 3.8) is 0 Å². The predicted molar refractivity (Wildman–Crippen MR) is 44.1 cm³/mol. The first kappa shape index (κ1) is 8.20. The van der Waals surface area contributed by atoms with E-state index in [0.717, 1.165) is 17.8 Å². The highest BCUT2D eigenvalue weighted by Gasteiger charge is 2.21. The summed E-state index contributed by atoms with van der Waals surface area (Å²) >= 11 is 0. The van der Waals surface area contributed by atoms with Crippen molar-refractivity contribution in [1.82, 2.24) is 4.98 Å². The summed E-state index contributed by atoms with van der Waals surface area (Å²) in [5.74, 6) is 0. The monoisotopic (exact) mass is 172 g/mol. The first-order valence-corrected chi connectivity index (χ1v) is 4.74. The molecular formula is C7H10NO2S+. The first-order valence-electron chi connectivity index (χ1n) is 3.45. The highest BCUT2D eigenvalue weighted by molar-refractivity contribution is 7.49. The van der Waals surface area contributed by atoms with E-state index in [4.69, 9.17) is 5.11 Å². The number of carbonyl (C=O) groups is 1. The molecule has 0 aliphatic carbocycles. The molecule has 0 spiro atoms. The van der Waals surface area contributed by atoms with Crippen LogP contribution in [0.25, 0.3) is 0 Å². The largest absolute Gasteiger partial charge is 0.553 e. The fraction of sp³-hybridized carbons (Fsp3) is 0.429. The summed E-state index contributed by atoms with van der Waals surface area (Å²) < 4.78 is 0. The van der Waals surface area contributed by atoms with Crippen molar-refractivity contribution in [3.8, 4) is 0 Å². The Labute approximate surface area is 67.7 Å². The smallest absolute Gasteiger partial charge is 0.437 e. The van der Waals surface area contributed by atoms with Crippen LogP contribution < -0.4 is 0 Å². The third-order valence-electron chi connectivity index (χ3n) is 1.32. The fourth-order valence-electron chi connectivity index (χ4n) is 0.857. The summed E-state index contributed by atoms with van der Waals surface area (Å²) in [6, 6.07) is 0. The van der Waals surface area contributed by atoms with Crippen LogP contribution >= 0.6 is 10.5 Å². The molecule has 0 aliphatic rings. The van der Waals surface area contributed by atoms with Gasteiger partial charge in [0.2, 0.25) is 0 Å². The van der Waals surface area contributed by atoms with E-state index >= 15 is 0 Å². The second kappa shape index (κ2) is 3.48. The van der Waals surface area contributed by atoms with Gasteiger partial charge in [0.05, 0.1) is 6.20 Å². The van der Waals surface area contributed by atoms with Gasteiger partial charge in [0.1, 0.15) is 10.5 Å². The summed E-state index contributed by atoms with van der Waals surface area (Å²) in [5.41, 5.74) is 0. The maximum Gasteiger partial charge on any atom is 0.553 e. The molecule has 60 valence electrons. The van der Waals surface area contributed by atoms with Gasteiger partial charge < -0.3 is 5.11 Å². The lowest BCUT2D eigenvalue weighted by molar-refractivity contribution is 0.221. The molecule has 1 aromatic heterocycles. The molecule has 0 aromatic carbocycles. The minimum absolute atomic E-state index is 0.731. The van der Waals surface area contributed by atoms with Crippen LogP contribution in [-0.2, 0) is 6.42 Å². The van der Waals surface area contributed by atoms with E-state index in [2.05, 4.69) is 4.98 Å². The number of hydrogen-bond donors (Lipinski definition) is 1. The van der Waals surface area contributed by atoms with Crippen molar-refractivity contribution >= 4 is 15.8 Å². The Hall–Kier alpha value is -0.900. The molecule has 0 radical (unpaired) electrons. The van der Waals surface area contributed by atoms with Gasteiger partial charge in [-0.1, -0.05) is 6.92 Å². The van der Waals surface area contributed by atoms with Crippen LogP contribution in [0.2, 0.25) is 0 Å². The van der Waals surface area contributed by atoms with Gasteiger partial charge >= 0.3 is 5.30 Å². The molecule has 0 saturated carbocycles. The van der Waals surface area contributed by atoms with Crippen LogP contribution in [-0.4, -0.2) is 15.4 Å². The minimum Gasteiger partial charge on any atom is -0.437 e. The molecule has 0 saturated heterocycles. The van der Waals surface area contributed by atoms with Gasteiger partial charge in [-0.2, -0.15) is 4.79 Å². The van der Waals surface area contributed by atoms with E-state index in [1.54, 1.807) is 11.6 Å². The Balaban J connectivity index is 2.87. The first-order chi connectivity index (χ1) is 5.25. The lowest BCUT2D eigenvalue weighted by Crippen LogP contribution is -1.89. The SMILES string of the molecule is CCCc1ncc[s+]1C(=O)O. The molecule has 1 atom stereocenters. The maximum atomic E-state index is 10.6. The van der Waals surface area contributed by atoms with Crippen LogP contribution in [0.15, 0.2) is 11.6 Å². The van der Waals surface area contributed by atoms with Crippen LogP contribution in [0.5, 0.6) is 0 Å². The maximum absolute atomic E-state index is 10.6. The lowest BCUT2D eigenvalue weighted by atomic mass is 10.4. The molecule has 4 heteroatoms. The van der Waals surface area contributed by atoms with E-state index in [9.17, 15) is 4.79 Å². The van der Waals surface area contributed by atoms with Crippen LogP contribution in [0.1, 0.15) is 18.4 Å². The number of thiazole rings is 1. The second-order valence-electron chi connectivity index (χ2n) is 2.16. The molecule has 1 N–H and O–H groups in total. The Kier molecular flexibility index (Phi) is 2.59. The summed E-state index contributed by atoms with van der Waals surface area (Å²) in [6.07, 6.45) is 3.34. The highest BCUT2D eigenvalue weighted by atomic mass is 32.2. The average Bonchev–Trinajstić information content (AvgIpc) is 2.36. The number of carboxylic acid groups (broad SMARTS) is 1. The van der Waals surface area contributed by atoms with Crippen LogP contribution in [0, 0.1) is 0 Å². The summed E-state index contributed by atoms with van der Waals surface area (Å²) in [7, 11) is -0.731. The van der Waals surface area contributed by atoms with Crippen molar-refractivity contribution in [2.45, 2.75) is 19.8 Å². The lowest BCUT2D eigenvalue weighted by Gasteiger charge is -1.84. The summed E-state index contributed by atoms with van der Waals surface area (Å²) in [4.78, 5) is 14.6. The van der Waals surface area contributed by atoms with Gasteiger partial charge in [0.15, 0.2) is 5.38 Å². The van der Waals surface area contributed by atoms with Crippen molar-refractivity contribution in [2.24, 2.45) is 0 Å². The number of aromatic nitrogens is 1. The molecule has 0 amide bonds. The van der Waals surface area contributed by atoms with Crippen molar-refractivity contribution in [2.75, 3.05) is 0 Å². The van der Waals surface area contributed by atoms with E-state index in [1.807, 2.05) is 6.92 Å². The molecule has 0 bridgehead atoms. The molecule has 1 heterocycles. The van der Waals surface area contributed by atoms with Crippen LogP contribution in [0.4, 0.5) is 4.79 Å². The minimum atomic E-state index is -0.772. The summed E-state index contributed by atoms with van der Waals surface area (Å²) in [5, 5.41) is 10.4. The van der Waals surface area contributed by atoms with Gasteiger partial charge in [-0.05, 0) is 6.42 Å². The Morgan fingerprint density at radius 3 is 3.09 bits per heavy atom. The van der Waals surface area contributed by atoms with E-state index < -0.39 is 15.8 Å². The Bertz CT molecular complexity index is 257. The second-order valence-corrected chi connectivity index (χ2v) is 3.93. The van der Waals surface area contributed by atoms with Crippen molar-refractivity contribution in [3.05, 3.63) is 16.6 Å². The molecule has 1 rings (SSSR count). The highest BCUT2D eigenvalue weighted by Crippen LogP contribution is 2.23. The molecule has 1 unspecified atom stereocenters. The fourth-order valence-corrected chi connectivity index (χ4v) is 2.11. The van der Waals surface area contributed by atoms with E-state index in [-0.39, 0.29) is 0 Å². The summed E-state index contributed by atoms with van der Waals surface area (Å²) in [6.45, 7) is 2.02. The topological polar surface area (TPSA) is 50.2 Å². The number of aryl methyl sites for hydroxylation is 1.